The lowest BCUT2D eigenvalue weighted by molar-refractivity contribution is -0.110. The Bertz CT molecular complexity index is 783. The number of carbonyl (C=O) groups excluding carboxylic acids is 1. The molecule has 0 bridgehead atoms. The van der Waals surface area contributed by atoms with Crippen LogP contribution in [-0.2, 0) is 4.79 Å². The molecule has 0 radical (unpaired) electrons. The lowest BCUT2D eigenvalue weighted by Gasteiger charge is -2.29. The van der Waals surface area contributed by atoms with Crippen molar-refractivity contribution in [3.8, 4) is 0 Å². The van der Waals surface area contributed by atoms with Gasteiger partial charge in [0.1, 0.15) is 0 Å². The first kappa shape index (κ1) is 16.8. The highest BCUT2D eigenvalue weighted by Crippen LogP contribution is 2.47. The highest BCUT2D eigenvalue weighted by molar-refractivity contribution is 7.98. The van der Waals surface area contributed by atoms with E-state index >= 15 is 0 Å². The minimum atomic E-state index is -2.37. The molecular formula is C21H18ClOP. The summed E-state index contributed by atoms with van der Waals surface area (Å²) in [4.78, 5) is 12.4. The molecule has 0 amide bonds. The van der Waals surface area contributed by atoms with Gasteiger partial charge in [-0.05, 0) is 22.8 Å². The van der Waals surface area contributed by atoms with E-state index < -0.39 is 6.89 Å². The Kier molecular flexibility index (Phi) is 5.04. The van der Waals surface area contributed by atoms with Gasteiger partial charge in [0.2, 0.25) is 0 Å². The SMILES string of the molecule is CC(=O)C(Cl)=P(c1ccccc1)(c1ccccc1)c1ccccc1. The van der Waals surface area contributed by atoms with Crippen LogP contribution in [0.5, 0.6) is 0 Å². The molecule has 120 valence electrons. The first-order valence-corrected chi connectivity index (χ1v) is 9.94. The normalized spacial score (nSPS) is 11.1. The molecule has 0 spiro atoms. The number of Topliss-reactive ketones (excluding diaryl/α,β-unsaturated/α-hetero) is 1. The van der Waals surface area contributed by atoms with Crippen LogP contribution in [0.2, 0.25) is 0 Å². The Morgan fingerprint density at radius 1 is 0.667 bits per heavy atom. The summed E-state index contributed by atoms with van der Waals surface area (Å²) in [7, 11) is 0. The number of carbonyl (C=O) groups is 1. The molecule has 0 fully saturated rings. The second kappa shape index (κ2) is 7.21. The van der Waals surface area contributed by atoms with E-state index in [0.29, 0.717) is 4.75 Å². The highest BCUT2D eigenvalue weighted by atomic mass is 35.5. The van der Waals surface area contributed by atoms with Crippen LogP contribution in [0.4, 0.5) is 0 Å². The summed E-state index contributed by atoms with van der Waals surface area (Å²) < 4.78 is 0.408. The molecule has 0 saturated carbocycles. The molecule has 0 aliphatic heterocycles. The van der Waals surface area contributed by atoms with Crippen molar-refractivity contribution in [1.29, 1.82) is 0 Å². The molecule has 3 heteroatoms. The summed E-state index contributed by atoms with van der Waals surface area (Å²) in [6.07, 6.45) is 0. The third kappa shape index (κ3) is 2.86. The largest absolute Gasteiger partial charge is 0.293 e. The van der Waals surface area contributed by atoms with E-state index in [4.69, 9.17) is 11.6 Å². The molecule has 0 aliphatic rings. The summed E-state index contributed by atoms with van der Waals surface area (Å²) in [6, 6.07) is 30.4. The number of ketones is 1. The van der Waals surface area contributed by atoms with Gasteiger partial charge in [-0.25, -0.2) is 0 Å². The van der Waals surface area contributed by atoms with Crippen LogP contribution < -0.4 is 15.9 Å². The lowest BCUT2D eigenvalue weighted by Crippen LogP contribution is -2.30. The number of hydrogen-bond donors (Lipinski definition) is 0. The number of rotatable bonds is 4. The topological polar surface area (TPSA) is 17.1 Å². The predicted octanol–water partition coefficient (Wildman–Crippen LogP) is 3.94. The van der Waals surface area contributed by atoms with Crippen LogP contribution in [0.15, 0.2) is 91.0 Å². The average molecular weight is 353 g/mol. The summed E-state index contributed by atoms with van der Waals surface area (Å²) in [5, 5.41) is 3.26. The zero-order valence-electron chi connectivity index (χ0n) is 13.4. The van der Waals surface area contributed by atoms with E-state index in [9.17, 15) is 4.79 Å². The predicted molar refractivity (Wildman–Crippen MR) is 107 cm³/mol. The number of benzene rings is 3. The maximum Gasteiger partial charge on any atom is 0.172 e. The van der Waals surface area contributed by atoms with Crippen LogP contribution in [0, 0.1) is 0 Å². The third-order valence-corrected chi connectivity index (χ3v) is 9.16. The highest BCUT2D eigenvalue weighted by Gasteiger charge is 2.30. The van der Waals surface area contributed by atoms with Gasteiger partial charge in [0.05, 0.1) is 4.75 Å². The summed E-state index contributed by atoms with van der Waals surface area (Å²) in [6.45, 7) is -0.820. The molecule has 1 nitrogen and oxygen atoms in total. The van der Waals surface area contributed by atoms with Crippen LogP contribution in [-0.4, -0.2) is 10.5 Å². The number of hydrogen-bond acceptors (Lipinski definition) is 1. The maximum absolute atomic E-state index is 12.4. The molecule has 3 rings (SSSR count). The second-order valence-electron chi connectivity index (χ2n) is 5.52. The van der Waals surface area contributed by atoms with E-state index in [1.54, 1.807) is 6.92 Å². The van der Waals surface area contributed by atoms with Gasteiger partial charge in [-0.15, -0.1) is 0 Å². The number of halogens is 1. The minimum Gasteiger partial charge on any atom is -0.293 e. The summed E-state index contributed by atoms with van der Waals surface area (Å²) in [5.41, 5.74) is 0. The Hall–Kier alpha value is -2.08. The smallest absolute Gasteiger partial charge is 0.172 e. The molecule has 0 atom stereocenters. The fourth-order valence-corrected chi connectivity index (χ4v) is 7.76. The van der Waals surface area contributed by atoms with Crippen molar-refractivity contribution in [3.63, 3.8) is 0 Å². The molecule has 0 saturated heterocycles. The van der Waals surface area contributed by atoms with Crippen molar-refractivity contribution in [1.82, 2.24) is 0 Å². The van der Waals surface area contributed by atoms with Gasteiger partial charge in [-0.2, -0.15) is 0 Å². The van der Waals surface area contributed by atoms with Gasteiger partial charge >= 0.3 is 0 Å². The molecule has 0 unspecified atom stereocenters. The average Bonchev–Trinajstić information content (AvgIpc) is 2.65. The molecule has 0 heterocycles. The van der Waals surface area contributed by atoms with E-state index in [1.165, 1.54) is 0 Å². The van der Waals surface area contributed by atoms with Gasteiger partial charge in [0.15, 0.2) is 5.78 Å². The van der Waals surface area contributed by atoms with Gasteiger partial charge in [-0.1, -0.05) is 103 Å². The zero-order valence-corrected chi connectivity index (χ0v) is 15.0. The molecule has 0 aromatic heterocycles. The first-order chi connectivity index (χ1) is 11.7. The Balaban J connectivity index is 2.53. The van der Waals surface area contributed by atoms with Crippen molar-refractivity contribution in [3.05, 3.63) is 91.0 Å². The van der Waals surface area contributed by atoms with Crippen LogP contribution in [0.25, 0.3) is 0 Å². The van der Waals surface area contributed by atoms with Gasteiger partial charge in [0, 0.05) is 6.92 Å². The van der Waals surface area contributed by atoms with Gasteiger partial charge < -0.3 is 0 Å². The quantitative estimate of drug-likeness (QED) is 0.650. The Morgan fingerprint density at radius 3 is 1.21 bits per heavy atom. The second-order valence-corrected chi connectivity index (χ2v) is 9.50. The van der Waals surface area contributed by atoms with Crippen LogP contribution >= 0.6 is 18.5 Å². The van der Waals surface area contributed by atoms with Gasteiger partial charge in [-0.3, -0.25) is 4.79 Å². The van der Waals surface area contributed by atoms with E-state index in [-0.39, 0.29) is 5.78 Å². The summed E-state index contributed by atoms with van der Waals surface area (Å²) >= 11 is 6.76. The molecule has 0 aliphatic carbocycles. The van der Waals surface area contributed by atoms with Crippen molar-refractivity contribution < 1.29 is 4.79 Å². The lowest BCUT2D eigenvalue weighted by atomic mass is 10.4. The van der Waals surface area contributed by atoms with Crippen LogP contribution in [0.3, 0.4) is 0 Å². The third-order valence-electron chi connectivity index (χ3n) is 4.02. The molecule has 0 N–H and O–H groups in total. The maximum atomic E-state index is 12.4. The molecule has 24 heavy (non-hydrogen) atoms. The Morgan fingerprint density at radius 2 is 0.958 bits per heavy atom. The Labute approximate surface area is 147 Å². The van der Waals surface area contributed by atoms with E-state index in [1.807, 2.05) is 54.6 Å². The van der Waals surface area contributed by atoms with Crippen molar-refractivity contribution in [2.75, 3.05) is 0 Å². The van der Waals surface area contributed by atoms with Crippen LogP contribution in [0.1, 0.15) is 6.92 Å². The van der Waals surface area contributed by atoms with Crippen molar-refractivity contribution in [2.24, 2.45) is 0 Å². The van der Waals surface area contributed by atoms with Crippen molar-refractivity contribution >= 4 is 44.9 Å². The minimum absolute atomic E-state index is 0.0819. The standard InChI is InChI=1S/C21H18ClOP/c1-17(23)21(22)24(18-11-5-2-6-12-18,19-13-7-3-8-14-19)20-15-9-4-10-16-20/h2-16H,1H3. The zero-order chi connectivity index (χ0) is 17.0. The van der Waals surface area contributed by atoms with E-state index in [2.05, 4.69) is 36.4 Å². The fourth-order valence-electron chi connectivity index (χ4n) is 2.98. The fraction of sp³-hybridized carbons (Fsp3) is 0.0476. The molecule has 3 aromatic carbocycles. The van der Waals surface area contributed by atoms with Gasteiger partial charge in [0.25, 0.3) is 0 Å². The summed E-state index contributed by atoms with van der Waals surface area (Å²) in [5.74, 6) is -0.0819. The monoisotopic (exact) mass is 352 g/mol. The molecular weight excluding hydrogens is 335 g/mol. The van der Waals surface area contributed by atoms with Crippen molar-refractivity contribution in [2.45, 2.75) is 6.92 Å². The molecule has 3 aromatic rings. The van der Waals surface area contributed by atoms with E-state index in [0.717, 1.165) is 15.9 Å². The first-order valence-electron chi connectivity index (χ1n) is 7.77.